The first-order valence-corrected chi connectivity index (χ1v) is 20.5. The number of rotatable bonds is 6. The van der Waals surface area contributed by atoms with E-state index in [1.165, 1.54) is 20.3 Å². The molecule has 2 aromatic carbocycles. The highest BCUT2D eigenvalue weighted by Crippen LogP contribution is 2.20. The van der Waals surface area contributed by atoms with E-state index in [0.717, 1.165) is 124 Å². The first kappa shape index (κ1) is 40.9. The van der Waals surface area contributed by atoms with Crippen LogP contribution in [-0.4, -0.2) is 66.5 Å². The summed E-state index contributed by atoms with van der Waals surface area (Å²) in [7, 11) is 0. The number of hydrogen-bond acceptors (Lipinski definition) is 4. The van der Waals surface area contributed by atoms with Crippen LogP contribution in [0.2, 0.25) is 0 Å². The highest BCUT2D eigenvalue weighted by atomic mass is 16.2. The van der Waals surface area contributed by atoms with E-state index in [-0.39, 0.29) is 22.5 Å². The minimum atomic E-state index is -0.217. The Bertz CT molecular complexity index is 1930. The van der Waals surface area contributed by atoms with Gasteiger partial charge in [0.25, 0.3) is 11.1 Å². The van der Waals surface area contributed by atoms with Crippen molar-refractivity contribution in [1.29, 1.82) is 0 Å². The van der Waals surface area contributed by atoms with Crippen molar-refractivity contribution in [2.75, 3.05) is 39.3 Å². The summed E-state index contributed by atoms with van der Waals surface area (Å²) in [5.74, 6) is 0. The zero-order valence-corrected chi connectivity index (χ0v) is 33.4. The third-order valence-electron chi connectivity index (χ3n) is 12.1. The molecule has 0 atom stereocenters. The van der Waals surface area contributed by atoms with E-state index in [2.05, 4.69) is 68.4 Å². The van der Waals surface area contributed by atoms with Crippen LogP contribution >= 0.6 is 0 Å². The molecular formula is C44H64N6O4+2. The van der Waals surface area contributed by atoms with Gasteiger partial charge in [-0.3, -0.25) is 27.9 Å². The van der Waals surface area contributed by atoms with Gasteiger partial charge in [0.05, 0.1) is 39.3 Å². The minimum Gasteiger partial charge on any atom is -0.320 e. The van der Waals surface area contributed by atoms with Crippen LogP contribution in [0.15, 0.2) is 92.0 Å². The molecule has 4 aromatic rings. The molecule has 0 amide bonds. The first-order chi connectivity index (χ1) is 26.1. The van der Waals surface area contributed by atoms with Gasteiger partial charge in [-0.25, -0.2) is 9.59 Å². The molecule has 3 heterocycles. The van der Waals surface area contributed by atoms with E-state index in [0.29, 0.717) is 26.2 Å². The van der Waals surface area contributed by atoms with E-state index in [9.17, 15) is 19.2 Å². The van der Waals surface area contributed by atoms with Crippen LogP contribution in [-0.2, 0) is 39.3 Å². The van der Waals surface area contributed by atoms with Gasteiger partial charge >= 0.3 is 11.4 Å². The maximum atomic E-state index is 13.8. The number of quaternary nitrogens is 2. The lowest BCUT2D eigenvalue weighted by Gasteiger charge is -2.38. The van der Waals surface area contributed by atoms with E-state index in [4.69, 9.17) is 0 Å². The zero-order valence-electron chi connectivity index (χ0n) is 33.4. The average molecular weight is 741 g/mol. The van der Waals surface area contributed by atoms with Crippen molar-refractivity contribution >= 4 is 0 Å². The Morgan fingerprint density at radius 1 is 0.463 bits per heavy atom. The third kappa shape index (κ3) is 10.5. The summed E-state index contributed by atoms with van der Waals surface area (Å²) in [6.45, 7) is 17.7. The van der Waals surface area contributed by atoms with Gasteiger partial charge < -0.3 is 8.97 Å². The van der Waals surface area contributed by atoms with Gasteiger partial charge in [-0.15, -0.1) is 0 Å². The van der Waals surface area contributed by atoms with Crippen LogP contribution in [0, 0.1) is 13.8 Å². The Hall–Kier alpha value is -4.28. The highest BCUT2D eigenvalue weighted by Gasteiger charge is 2.27. The van der Waals surface area contributed by atoms with Crippen molar-refractivity contribution in [3.63, 3.8) is 0 Å². The van der Waals surface area contributed by atoms with Crippen molar-refractivity contribution in [3.05, 3.63) is 137 Å². The van der Waals surface area contributed by atoms with Gasteiger partial charge in [0, 0.05) is 60.8 Å². The summed E-state index contributed by atoms with van der Waals surface area (Å²) in [6, 6.07) is 24.5. The van der Waals surface area contributed by atoms with Gasteiger partial charge in [-0.2, -0.15) is 0 Å². The summed E-state index contributed by atoms with van der Waals surface area (Å²) in [6.07, 6.45) is 6.82. The van der Waals surface area contributed by atoms with Gasteiger partial charge in [-0.1, -0.05) is 60.7 Å². The monoisotopic (exact) mass is 740 g/mol. The van der Waals surface area contributed by atoms with Crippen molar-refractivity contribution in [1.82, 2.24) is 18.3 Å². The molecule has 0 aliphatic carbocycles. The normalized spacial score (nSPS) is 21.3. The molecular weight excluding hydrogens is 677 g/mol. The fourth-order valence-corrected chi connectivity index (χ4v) is 8.61. The van der Waals surface area contributed by atoms with E-state index >= 15 is 0 Å². The van der Waals surface area contributed by atoms with Crippen molar-refractivity contribution < 1.29 is 8.97 Å². The molecule has 0 radical (unpaired) electrons. The van der Waals surface area contributed by atoms with E-state index < -0.39 is 0 Å². The number of benzene rings is 2. The molecule has 4 bridgehead atoms. The topological polar surface area (TPSA) is 88.0 Å². The van der Waals surface area contributed by atoms with Crippen LogP contribution in [0.5, 0.6) is 0 Å². The Balaban J connectivity index is 1.42. The molecule has 1 aliphatic rings. The van der Waals surface area contributed by atoms with E-state index in [1.54, 1.807) is 21.3 Å². The number of nitrogens with zero attached hydrogens (tertiary/aromatic N) is 6. The number of fused-ring (bicyclic) bond motifs is 4. The third-order valence-corrected chi connectivity index (χ3v) is 12.1. The molecule has 0 fully saturated rings. The molecule has 292 valence electrons. The van der Waals surface area contributed by atoms with Gasteiger partial charge in [0.15, 0.2) is 0 Å². The Labute approximate surface area is 321 Å². The SMILES string of the molecule is CC[N+]1(Cc2ccccc2)CCCCn2c(C)cc(=O)n(c2=O)CCCC[N+](CC)(Cc2ccccc2)CCCCn2c(=O)cc(C)n(c2=O)CCCC1. The molecule has 5 rings (SSSR count). The lowest BCUT2D eigenvalue weighted by molar-refractivity contribution is -0.939. The summed E-state index contributed by atoms with van der Waals surface area (Å²) >= 11 is 0. The molecule has 10 nitrogen and oxygen atoms in total. The van der Waals surface area contributed by atoms with Crippen LogP contribution in [0.25, 0.3) is 0 Å². The van der Waals surface area contributed by atoms with Gasteiger partial charge in [-0.05, 0) is 79.1 Å². The molecule has 54 heavy (non-hydrogen) atoms. The zero-order chi connectivity index (χ0) is 38.6. The summed E-state index contributed by atoms with van der Waals surface area (Å²) in [5, 5.41) is 0. The maximum absolute atomic E-state index is 13.8. The summed E-state index contributed by atoms with van der Waals surface area (Å²) in [4.78, 5) is 53.8. The second kappa shape index (κ2) is 19.4. The highest BCUT2D eigenvalue weighted by molar-refractivity contribution is 5.14. The standard InChI is InChI=1S/C44H64N6O4/c1-5-49(35-39-21-9-7-10-22-39)29-17-13-25-45-37(3)33-41(51)47(43(45)53)27-15-19-31-50(6-2,36-40-23-11-8-12-24-40)32-20-16-28-48-42(52)34-38(4)46(44(48)54)26-14-18-30-49/h7-12,21-24,33-34H,5-6,13-20,25-32,35-36H2,1-4H3/q+2. The maximum Gasteiger partial charge on any atom is 0.331 e. The van der Waals surface area contributed by atoms with Crippen LogP contribution in [0.4, 0.5) is 0 Å². The van der Waals surface area contributed by atoms with E-state index in [1.807, 2.05) is 19.9 Å². The quantitative estimate of drug-likeness (QED) is 0.232. The largest absolute Gasteiger partial charge is 0.331 e. The number of aryl methyl sites for hydroxylation is 2. The van der Waals surface area contributed by atoms with Crippen molar-refractivity contribution in [2.45, 2.75) is 118 Å². The summed E-state index contributed by atoms with van der Waals surface area (Å²) in [5.41, 5.74) is 3.21. The van der Waals surface area contributed by atoms with Crippen LogP contribution in [0.3, 0.4) is 0 Å². The molecule has 10 heteroatoms. The second-order valence-corrected chi connectivity index (χ2v) is 15.7. The molecule has 2 aromatic heterocycles. The number of aromatic nitrogens is 4. The molecule has 0 N–H and O–H groups in total. The average Bonchev–Trinajstić information content (AvgIpc) is 3.16. The number of hydrogen-bond donors (Lipinski definition) is 0. The van der Waals surface area contributed by atoms with Crippen LogP contribution in [0.1, 0.15) is 87.7 Å². The summed E-state index contributed by atoms with van der Waals surface area (Å²) < 4.78 is 8.28. The molecule has 0 spiro atoms. The second-order valence-electron chi connectivity index (χ2n) is 15.7. The molecule has 0 saturated heterocycles. The lowest BCUT2D eigenvalue weighted by Crippen LogP contribution is -2.49. The first-order valence-electron chi connectivity index (χ1n) is 20.5. The predicted molar refractivity (Wildman–Crippen MR) is 218 cm³/mol. The van der Waals surface area contributed by atoms with Gasteiger partial charge in [0.1, 0.15) is 13.1 Å². The fraction of sp³-hybridized carbons (Fsp3) is 0.545. The Kier molecular flexibility index (Phi) is 14.7. The fourth-order valence-electron chi connectivity index (χ4n) is 8.61. The minimum absolute atomic E-state index is 0.195. The van der Waals surface area contributed by atoms with Gasteiger partial charge in [0.2, 0.25) is 0 Å². The lowest BCUT2D eigenvalue weighted by atomic mass is 10.1. The predicted octanol–water partition coefficient (Wildman–Crippen LogP) is 5.86. The Morgan fingerprint density at radius 2 is 0.778 bits per heavy atom. The Morgan fingerprint density at radius 3 is 1.09 bits per heavy atom. The molecule has 1 aliphatic heterocycles. The molecule has 0 saturated carbocycles. The smallest absolute Gasteiger partial charge is 0.320 e. The molecule has 0 unspecified atom stereocenters. The van der Waals surface area contributed by atoms with Crippen molar-refractivity contribution in [3.8, 4) is 0 Å². The van der Waals surface area contributed by atoms with Crippen LogP contribution < -0.4 is 22.5 Å². The van der Waals surface area contributed by atoms with Crippen molar-refractivity contribution in [2.24, 2.45) is 0 Å².